The van der Waals surface area contributed by atoms with E-state index in [9.17, 15) is 0 Å². The highest BCUT2D eigenvalue weighted by Crippen LogP contribution is 2.59. The van der Waals surface area contributed by atoms with Gasteiger partial charge in [-0.3, -0.25) is 0 Å². The average Bonchev–Trinajstić information content (AvgIpc) is 3.53. The van der Waals surface area contributed by atoms with Crippen molar-refractivity contribution in [2.45, 2.75) is 37.5 Å². The van der Waals surface area contributed by atoms with Crippen LogP contribution in [0.5, 0.6) is 0 Å². The summed E-state index contributed by atoms with van der Waals surface area (Å²) in [5.74, 6) is 0. The minimum Gasteiger partial charge on any atom is -0.309 e. The molecule has 1 atom stereocenters. The van der Waals surface area contributed by atoms with E-state index in [4.69, 9.17) is 0 Å². The van der Waals surface area contributed by atoms with Crippen LogP contribution in [0.25, 0.3) is 54.9 Å². The van der Waals surface area contributed by atoms with Gasteiger partial charge in [0.1, 0.15) is 0 Å². The number of fused-ring (bicyclic) bond motifs is 8. The fourth-order valence-electron chi connectivity index (χ4n) is 11.2. The van der Waals surface area contributed by atoms with Crippen LogP contribution in [-0.4, -0.2) is 0 Å². The second-order valence-corrected chi connectivity index (χ2v) is 18.0. The molecule has 0 bridgehead atoms. The SMILES string of the molecule is CC1(C)c2ccccc2-c2ccc(N(c3cc4c(cc3-c3ccc5ccccc5c3)-c3ccccc3C4(Cc3ccccc3)C3=CC=CCC=C3)c3cccc4ccccc34)cc21. The number of rotatable bonds is 7. The first kappa shape index (κ1) is 37.3. The molecule has 1 nitrogen and oxygen atoms in total. The molecule has 1 unspecified atom stereocenters. The Morgan fingerprint density at radius 2 is 1.16 bits per heavy atom. The predicted molar refractivity (Wildman–Crippen MR) is 266 cm³/mol. The van der Waals surface area contributed by atoms with Crippen LogP contribution in [-0.2, 0) is 17.3 Å². The third-order valence-corrected chi connectivity index (χ3v) is 14.2. The topological polar surface area (TPSA) is 3.24 Å². The van der Waals surface area contributed by atoms with Gasteiger partial charge in [0.15, 0.2) is 0 Å². The van der Waals surface area contributed by atoms with E-state index >= 15 is 0 Å². The minimum absolute atomic E-state index is 0.163. The van der Waals surface area contributed by atoms with E-state index in [-0.39, 0.29) is 5.41 Å². The largest absolute Gasteiger partial charge is 0.309 e. The van der Waals surface area contributed by atoms with Crippen LogP contribution in [0.1, 0.15) is 48.1 Å². The summed E-state index contributed by atoms with van der Waals surface area (Å²) in [5.41, 5.74) is 18.5. The maximum atomic E-state index is 2.58. The second kappa shape index (κ2) is 14.6. The fraction of sp³-hybridized carbons (Fsp3) is 0.0968. The molecule has 0 aromatic heterocycles. The highest BCUT2D eigenvalue weighted by molar-refractivity contribution is 6.04. The van der Waals surface area contributed by atoms with Crippen LogP contribution in [0.2, 0.25) is 0 Å². The summed E-state index contributed by atoms with van der Waals surface area (Å²) < 4.78 is 0. The number of nitrogens with zero attached hydrogens (tertiary/aromatic N) is 1. The molecule has 300 valence electrons. The van der Waals surface area contributed by atoms with Gasteiger partial charge in [0.25, 0.3) is 0 Å². The van der Waals surface area contributed by atoms with E-state index in [2.05, 4.69) is 243 Å². The summed E-state index contributed by atoms with van der Waals surface area (Å²) in [6.45, 7) is 4.77. The van der Waals surface area contributed by atoms with Gasteiger partial charge >= 0.3 is 0 Å². The van der Waals surface area contributed by atoms with Gasteiger partial charge in [0, 0.05) is 22.1 Å². The summed E-state index contributed by atoms with van der Waals surface area (Å²) in [6, 6.07) is 73.0. The Bertz CT molecular complexity index is 3370. The smallest absolute Gasteiger partial charge is 0.0543 e. The molecule has 12 rings (SSSR count). The molecule has 1 heteroatoms. The highest BCUT2D eigenvalue weighted by Gasteiger charge is 2.46. The molecule has 63 heavy (non-hydrogen) atoms. The van der Waals surface area contributed by atoms with E-state index in [1.165, 1.54) is 88.3 Å². The van der Waals surface area contributed by atoms with E-state index < -0.39 is 5.41 Å². The van der Waals surface area contributed by atoms with Crippen LogP contribution in [0.4, 0.5) is 17.1 Å². The molecule has 0 saturated carbocycles. The van der Waals surface area contributed by atoms with Crippen molar-refractivity contribution in [3.63, 3.8) is 0 Å². The molecule has 0 radical (unpaired) electrons. The maximum Gasteiger partial charge on any atom is 0.0543 e. The first-order valence-corrected chi connectivity index (χ1v) is 22.4. The van der Waals surface area contributed by atoms with E-state index in [0.29, 0.717) is 0 Å². The average molecular weight is 806 g/mol. The second-order valence-electron chi connectivity index (χ2n) is 18.0. The Morgan fingerprint density at radius 3 is 2.02 bits per heavy atom. The summed E-state index contributed by atoms with van der Waals surface area (Å²) >= 11 is 0. The van der Waals surface area contributed by atoms with Crippen molar-refractivity contribution in [3.8, 4) is 33.4 Å². The molecule has 0 fully saturated rings. The fourth-order valence-corrected chi connectivity index (χ4v) is 11.2. The Balaban J connectivity index is 1.21. The van der Waals surface area contributed by atoms with Crippen LogP contribution >= 0.6 is 0 Å². The summed E-state index contributed by atoms with van der Waals surface area (Å²) in [5, 5.41) is 4.90. The lowest BCUT2D eigenvalue weighted by atomic mass is 9.67. The molecule has 0 amide bonds. The van der Waals surface area contributed by atoms with Crippen molar-refractivity contribution < 1.29 is 0 Å². The third kappa shape index (κ3) is 5.84. The molecule has 0 spiro atoms. The molecule has 3 aliphatic rings. The Hall–Kier alpha value is -7.48. The predicted octanol–water partition coefficient (Wildman–Crippen LogP) is 16.4. The standard InChI is InChI=1S/C62H47N/c1-61(2)55-30-16-14-28-50(55)52-36-35-48(38-57(52)61)63(59-32-18-24-44-22-12-13-27-49(44)59)60-40-58-54(39-53(60)46-34-33-43-21-10-11-23-45(43)37-46)51-29-15-17-31-56(51)62(58,41-42-19-6-5-7-20-42)47-25-8-3-4-9-26-47/h3,5-40H,4,41H2,1-2H3. The van der Waals surface area contributed by atoms with E-state index in [0.717, 1.165) is 29.9 Å². The van der Waals surface area contributed by atoms with Crippen LogP contribution < -0.4 is 4.90 Å². The van der Waals surface area contributed by atoms with Gasteiger partial charge in [-0.1, -0.05) is 202 Å². The van der Waals surface area contributed by atoms with Gasteiger partial charge in [-0.15, -0.1) is 0 Å². The van der Waals surface area contributed by atoms with Crippen molar-refractivity contribution in [1.82, 2.24) is 0 Å². The van der Waals surface area contributed by atoms with Crippen molar-refractivity contribution in [2.24, 2.45) is 0 Å². The molecular formula is C62H47N. The zero-order valence-electron chi connectivity index (χ0n) is 35.7. The molecule has 0 N–H and O–H groups in total. The lowest BCUT2D eigenvalue weighted by Gasteiger charge is -2.36. The lowest BCUT2D eigenvalue weighted by molar-refractivity contribution is 0.628. The minimum atomic E-state index is -0.457. The number of benzene rings is 9. The highest BCUT2D eigenvalue weighted by atomic mass is 15.1. The van der Waals surface area contributed by atoms with Crippen molar-refractivity contribution >= 4 is 38.6 Å². The molecule has 9 aromatic rings. The van der Waals surface area contributed by atoms with E-state index in [1.807, 2.05) is 0 Å². The molecule has 0 saturated heterocycles. The summed E-state index contributed by atoms with van der Waals surface area (Å²) in [7, 11) is 0. The van der Waals surface area contributed by atoms with Gasteiger partial charge < -0.3 is 4.90 Å². The molecule has 9 aromatic carbocycles. The third-order valence-electron chi connectivity index (χ3n) is 14.2. The van der Waals surface area contributed by atoms with Gasteiger partial charge in [0.2, 0.25) is 0 Å². The van der Waals surface area contributed by atoms with Gasteiger partial charge in [-0.25, -0.2) is 0 Å². The van der Waals surface area contributed by atoms with Crippen molar-refractivity contribution in [2.75, 3.05) is 4.90 Å². The number of allylic oxidation sites excluding steroid dienone is 6. The first-order valence-electron chi connectivity index (χ1n) is 22.4. The summed E-state index contributed by atoms with van der Waals surface area (Å²) in [6.07, 6.45) is 13.4. The molecular weight excluding hydrogens is 759 g/mol. The van der Waals surface area contributed by atoms with Crippen LogP contribution in [0.3, 0.4) is 0 Å². The Labute approximate surface area is 370 Å². The lowest BCUT2D eigenvalue weighted by Crippen LogP contribution is -2.30. The van der Waals surface area contributed by atoms with E-state index in [1.54, 1.807) is 0 Å². The number of hydrogen-bond acceptors (Lipinski definition) is 1. The van der Waals surface area contributed by atoms with Crippen molar-refractivity contribution in [3.05, 3.63) is 258 Å². The molecule has 0 aliphatic heterocycles. The van der Waals surface area contributed by atoms with Gasteiger partial charge in [0.05, 0.1) is 16.8 Å². The monoisotopic (exact) mass is 805 g/mol. The van der Waals surface area contributed by atoms with Crippen LogP contribution in [0, 0.1) is 0 Å². The Kier molecular flexibility index (Phi) is 8.63. The quantitative estimate of drug-likeness (QED) is 0.155. The zero-order valence-corrected chi connectivity index (χ0v) is 35.7. The first-order chi connectivity index (χ1) is 31.0. The van der Waals surface area contributed by atoms with Gasteiger partial charge in [-0.2, -0.15) is 0 Å². The number of anilines is 3. The number of hydrogen-bond donors (Lipinski definition) is 0. The molecule has 0 heterocycles. The maximum absolute atomic E-state index is 2.58. The van der Waals surface area contributed by atoms with Gasteiger partial charge in [-0.05, 0) is 127 Å². The molecule has 3 aliphatic carbocycles. The van der Waals surface area contributed by atoms with Crippen molar-refractivity contribution in [1.29, 1.82) is 0 Å². The normalized spacial score (nSPS) is 16.6. The Morgan fingerprint density at radius 1 is 0.460 bits per heavy atom. The zero-order chi connectivity index (χ0) is 42.1. The summed E-state index contributed by atoms with van der Waals surface area (Å²) in [4.78, 5) is 2.58. The van der Waals surface area contributed by atoms with Crippen LogP contribution in [0.15, 0.2) is 230 Å².